The summed E-state index contributed by atoms with van der Waals surface area (Å²) in [7, 11) is 0. The summed E-state index contributed by atoms with van der Waals surface area (Å²) in [4.78, 5) is 11.7. The van der Waals surface area contributed by atoms with Crippen LogP contribution in [0.1, 0.15) is 53.4 Å². The maximum absolute atomic E-state index is 11.7. The van der Waals surface area contributed by atoms with E-state index in [1.807, 2.05) is 13.8 Å². The van der Waals surface area contributed by atoms with E-state index in [9.17, 15) is 4.79 Å². The summed E-state index contributed by atoms with van der Waals surface area (Å²) in [5, 5.41) is 3.01. The molecule has 3 heteroatoms. The molecule has 1 saturated heterocycles. The Morgan fingerprint density at radius 1 is 1.29 bits per heavy atom. The number of ether oxygens (including phenoxy) is 1. The Morgan fingerprint density at radius 2 is 1.88 bits per heavy atom. The Labute approximate surface area is 106 Å². The number of hydrogen-bond donors (Lipinski definition) is 1. The largest absolute Gasteiger partial charge is 0.381 e. The molecule has 0 atom stereocenters. The van der Waals surface area contributed by atoms with Crippen LogP contribution in [0.15, 0.2) is 0 Å². The summed E-state index contributed by atoms with van der Waals surface area (Å²) in [6.07, 6.45) is 4.05. The van der Waals surface area contributed by atoms with Crippen LogP contribution in [-0.4, -0.2) is 25.7 Å². The van der Waals surface area contributed by atoms with E-state index < -0.39 is 0 Å². The molecule has 1 heterocycles. The molecule has 1 fully saturated rings. The first-order valence-electron chi connectivity index (χ1n) is 7.05. The fraction of sp³-hybridized carbons (Fsp3) is 0.929. The first-order valence-corrected chi connectivity index (χ1v) is 7.05. The third kappa shape index (κ3) is 8.19. The van der Waals surface area contributed by atoms with E-state index in [0.717, 1.165) is 44.9 Å². The van der Waals surface area contributed by atoms with Gasteiger partial charge in [0.2, 0.25) is 5.91 Å². The van der Waals surface area contributed by atoms with Crippen LogP contribution in [0.2, 0.25) is 0 Å². The van der Waals surface area contributed by atoms with Crippen molar-refractivity contribution in [1.29, 1.82) is 0 Å². The van der Waals surface area contributed by atoms with Crippen LogP contribution in [0.3, 0.4) is 0 Å². The van der Waals surface area contributed by atoms with Gasteiger partial charge in [-0.05, 0) is 31.6 Å². The Kier molecular flexibility index (Phi) is 10.2. The van der Waals surface area contributed by atoms with Crippen LogP contribution in [0.25, 0.3) is 0 Å². The van der Waals surface area contributed by atoms with Crippen molar-refractivity contribution in [3.05, 3.63) is 0 Å². The predicted octanol–water partition coefficient (Wildman–Crippen LogP) is 2.99. The normalized spacial score (nSPS) is 16.3. The molecule has 0 aromatic carbocycles. The van der Waals surface area contributed by atoms with Crippen LogP contribution in [0.5, 0.6) is 0 Å². The minimum atomic E-state index is 0.192. The van der Waals surface area contributed by atoms with Crippen LogP contribution < -0.4 is 5.32 Å². The molecule has 1 aliphatic rings. The van der Waals surface area contributed by atoms with Gasteiger partial charge in [0.05, 0.1) is 0 Å². The van der Waals surface area contributed by atoms with Crippen molar-refractivity contribution in [3.8, 4) is 0 Å². The smallest absolute Gasteiger partial charge is 0.223 e. The number of hydrogen-bond acceptors (Lipinski definition) is 2. The van der Waals surface area contributed by atoms with Gasteiger partial charge in [-0.1, -0.05) is 27.7 Å². The predicted molar refractivity (Wildman–Crippen MR) is 72.0 cm³/mol. The fourth-order valence-electron chi connectivity index (χ4n) is 1.83. The summed E-state index contributed by atoms with van der Waals surface area (Å²) < 4.78 is 5.23. The zero-order chi connectivity index (χ0) is 13.1. The van der Waals surface area contributed by atoms with E-state index in [2.05, 4.69) is 19.2 Å². The topological polar surface area (TPSA) is 38.3 Å². The first kappa shape index (κ1) is 16.4. The Morgan fingerprint density at radius 3 is 2.41 bits per heavy atom. The number of nitrogens with one attached hydrogen (secondary N) is 1. The van der Waals surface area contributed by atoms with E-state index in [4.69, 9.17) is 4.74 Å². The minimum Gasteiger partial charge on any atom is -0.381 e. The molecule has 0 aliphatic carbocycles. The van der Waals surface area contributed by atoms with Gasteiger partial charge in [0.15, 0.2) is 0 Å². The van der Waals surface area contributed by atoms with Gasteiger partial charge < -0.3 is 10.1 Å². The van der Waals surface area contributed by atoms with Gasteiger partial charge in [0.1, 0.15) is 0 Å². The van der Waals surface area contributed by atoms with Crippen LogP contribution in [0, 0.1) is 11.8 Å². The third-order valence-electron chi connectivity index (χ3n) is 2.85. The lowest BCUT2D eigenvalue weighted by Crippen LogP contribution is -2.34. The summed E-state index contributed by atoms with van der Waals surface area (Å²) in [6, 6.07) is 0. The van der Waals surface area contributed by atoms with Crippen LogP contribution in [-0.2, 0) is 9.53 Å². The zero-order valence-corrected chi connectivity index (χ0v) is 11.9. The molecule has 17 heavy (non-hydrogen) atoms. The molecule has 3 nitrogen and oxygen atoms in total. The molecular weight excluding hydrogens is 214 g/mol. The second-order valence-electron chi connectivity index (χ2n) is 4.71. The monoisotopic (exact) mass is 243 g/mol. The van der Waals surface area contributed by atoms with Gasteiger partial charge in [-0.2, -0.15) is 0 Å². The van der Waals surface area contributed by atoms with Crippen LogP contribution >= 0.6 is 0 Å². The number of amides is 1. The lowest BCUT2D eigenvalue weighted by atomic mass is 9.99. The average molecular weight is 243 g/mol. The van der Waals surface area contributed by atoms with Gasteiger partial charge in [0.25, 0.3) is 0 Å². The standard InChI is InChI=1S/C12H23NO2.C2H6/c1-10(2)4-3-7-13-12(14)11-5-8-15-9-6-11;1-2/h10-11H,3-9H2,1-2H3,(H,13,14);1-2H3. The second-order valence-corrected chi connectivity index (χ2v) is 4.71. The lowest BCUT2D eigenvalue weighted by Gasteiger charge is -2.21. The highest BCUT2D eigenvalue weighted by Crippen LogP contribution is 2.14. The van der Waals surface area contributed by atoms with Gasteiger partial charge in [-0.15, -0.1) is 0 Å². The number of carbonyl (C=O) groups is 1. The maximum atomic E-state index is 11.7. The maximum Gasteiger partial charge on any atom is 0.223 e. The second kappa shape index (κ2) is 10.6. The van der Waals surface area contributed by atoms with E-state index in [1.54, 1.807) is 0 Å². The molecule has 1 aliphatic heterocycles. The first-order chi connectivity index (χ1) is 8.20. The minimum absolute atomic E-state index is 0.192. The van der Waals surface area contributed by atoms with Crippen molar-refractivity contribution in [2.45, 2.75) is 53.4 Å². The highest BCUT2D eigenvalue weighted by molar-refractivity contribution is 5.78. The molecule has 1 amide bonds. The Hall–Kier alpha value is -0.570. The summed E-state index contributed by atoms with van der Waals surface area (Å²) in [6.45, 7) is 10.7. The van der Waals surface area contributed by atoms with Crippen molar-refractivity contribution >= 4 is 5.91 Å². The summed E-state index contributed by atoms with van der Waals surface area (Å²) >= 11 is 0. The van der Waals surface area contributed by atoms with Gasteiger partial charge in [-0.25, -0.2) is 0 Å². The highest BCUT2D eigenvalue weighted by atomic mass is 16.5. The van der Waals surface area contributed by atoms with E-state index in [0.29, 0.717) is 0 Å². The third-order valence-corrected chi connectivity index (χ3v) is 2.85. The van der Waals surface area contributed by atoms with Gasteiger partial charge in [0, 0.05) is 25.7 Å². The number of carbonyl (C=O) groups excluding carboxylic acids is 1. The van der Waals surface area contributed by atoms with Gasteiger partial charge in [-0.3, -0.25) is 4.79 Å². The quantitative estimate of drug-likeness (QED) is 0.754. The molecule has 0 aromatic rings. The van der Waals surface area contributed by atoms with Gasteiger partial charge >= 0.3 is 0 Å². The average Bonchev–Trinajstić information content (AvgIpc) is 2.37. The molecule has 0 saturated carbocycles. The van der Waals surface area contributed by atoms with E-state index in [-0.39, 0.29) is 11.8 Å². The molecule has 102 valence electrons. The van der Waals surface area contributed by atoms with Crippen LogP contribution in [0.4, 0.5) is 0 Å². The van der Waals surface area contributed by atoms with Crippen molar-refractivity contribution in [2.75, 3.05) is 19.8 Å². The van der Waals surface area contributed by atoms with E-state index >= 15 is 0 Å². The highest BCUT2D eigenvalue weighted by Gasteiger charge is 2.20. The lowest BCUT2D eigenvalue weighted by molar-refractivity contribution is -0.127. The molecule has 0 unspecified atom stereocenters. The molecule has 1 N–H and O–H groups in total. The molecule has 0 bridgehead atoms. The van der Waals surface area contributed by atoms with Crippen molar-refractivity contribution in [1.82, 2.24) is 5.32 Å². The summed E-state index contributed by atoms with van der Waals surface area (Å²) in [5.74, 6) is 1.14. The Balaban J connectivity index is 0.00000121. The number of rotatable bonds is 5. The van der Waals surface area contributed by atoms with Crippen molar-refractivity contribution in [2.24, 2.45) is 11.8 Å². The molecule has 0 aromatic heterocycles. The summed E-state index contributed by atoms with van der Waals surface area (Å²) in [5.41, 5.74) is 0. The fourth-order valence-corrected chi connectivity index (χ4v) is 1.83. The molecular formula is C14H29NO2. The van der Waals surface area contributed by atoms with Crippen molar-refractivity contribution in [3.63, 3.8) is 0 Å². The Bertz CT molecular complexity index is 187. The zero-order valence-electron chi connectivity index (χ0n) is 11.9. The van der Waals surface area contributed by atoms with E-state index in [1.165, 1.54) is 6.42 Å². The molecule has 0 radical (unpaired) electrons. The van der Waals surface area contributed by atoms with Crippen molar-refractivity contribution < 1.29 is 9.53 Å². The SMILES string of the molecule is CC.CC(C)CCCNC(=O)C1CCOCC1. The molecule has 0 spiro atoms. The molecule has 1 rings (SSSR count).